The third kappa shape index (κ3) is 3.15. The van der Waals surface area contributed by atoms with E-state index in [0.29, 0.717) is 13.2 Å². The van der Waals surface area contributed by atoms with E-state index in [1.807, 2.05) is 25.1 Å². The molecule has 0 saturated heterocycles. The Balaban J connectivity index is 2.19. The van der Waals surface area contributed by atoms with Gasteiger partial charge in [0.15, 0.2) is 11.5 Å². The molecule has 0 bridgehead atoms. The molecular weight excluding hydrogens is 214 g/mol. The van der Waals surface area contributed by atoms with Gasteiger partial charge in [0.1, 0.15) is 0 Å². The SMILES string of the molecule is CCC(N)C#Cc1ccc2c(c1)OCCCO2. The number of nitrogens with two attached hydrogens (primary N) is 1. The summed E-state index contributed by atoms with van der Waals surface area (Å²) in [5.74, 6) is 7.63. The molecule has 1 aromatic carbocycles. The fourth-order valence-electron chi connectivity index (χ4n) is 1.52. The van der Waals surface area contributed by atoms with Gasteiger partial charge in [-0.25, -0.2) is 0 Å². The molecule has 0 saturated carbocycles. The molecule has 17 heavy (non-hydrogen) atoms. The molecule has 0 fully saturated rings. The predicted octanol–water partition coefficient (Wildman–Crippen LogP) is 1.94. The zero-order chi connectivity index (χ0) is 12.1. The fourth-order valence-corrected chi connectivity index (χ4v) is 1.52. The summed E-state index contributed by atoms with van der Waals surface area (Å²) in [5.41, 5.74) is 6.67. The van der Waals surface area contributed by atoms with Crippen molar-refractivity contribution in [2.75, 3.05) is 13.2 Å². The summed E-state index contributed by atoms with van der Waals surface area (Å²) in [5, 5.41) is 0. The topological polar surface area (TPSA) is 44.5 Å². The van der Waals surface area contributed by atoms with Crippen LogP contribution in [0.2, 0.25) is 0 Å². The van der Waals surface area contributed by atoms with E-state index >= 15 is 0 Å². The Morgan fingerprint density at radius 1 is 1.29 bits per heavy atom. The summed E-state index contributed by atoms with van der Waals surface area (Å²) in [7, 11) is 0. The minimum Gasteiger partial charge on any atom is -0.490 e. The first kappa shape index (κ1) is 11.8. The van der Waals surface area contributed by atoms with Gasteiger partial charge in [0.25, 0.3) is 0 Å². The zero-order valence-corrected chi connectivity index (χ0v) is 10.0. The van der Waals surface area contributed by atoms with Gasteiger partial charge < -0.3 is 15.2 Å². The number of ether oxygens (including phenoxy) is 2. The molecule has 1 aliphatic rings. The van der Waals surface area contributed by atoms with Crippen LogP contribution in [0.4, 0.5) is 0 Å². The van der Waals surface area contributed by atoms with Crippen LogP contribution in [0, 0.1) is 11.8 Å². The Hall–Kier alpha value is -1.66. The van der Waals surface area contributed by atoms with Crippen molar-refractivity contribution in [1.82, 2.24) is 0 Å². The van der Waals surface area contributed by atoms with Gasteiger partial charge >= 0.3 is 0 Å². The van der Waals surface area contributed by atoms with Crippen LogP contribution < -0.4 is 15.2 Å². The minimum atomic E-state index is -0.0639. The van der Waals surface area contributed by atoms with Crippen LogP contribution in [-0.4, -0.2) is 19.3 Å². The number of fused-ring (bicyclic) bond motifs is 1. The molecule has 3 heteroatoms. The number of hydrogen-bond acceptors (Lipinski definition) is 3. The molecule has 0 aliphatic carbocycles. The van der Waals surface area contributed by atoms with E-state index in [1.165, 1.54) is 0 Å². The van der Waals surface area contributed by atoms with Gasteiger partial charge in [-0.05, 0) is 24.6 Å². The molecule has 0 amide bonds. The van der Waals surface area contributed by atoms with Crippen molar-refractivity contribution in [2.45, 2.75) is 25.8 Å². The lowest BCUT2D eigenvalue weighted by molar-refractivity contribution is 0.297. The molecule has 2 N–H and O–H groups in total. The molecule has 1 atom stereocenters. The Labute approximate surface area is 102 Å². The van der Waals surface area contributed by atoms with Gasteiger partial charge in [0, 0.05) is 12.0 Å². The van der Waals surface area contributed by atoms with Gasteiger partial charge in [0.05, 0.1) is 19.3 Å². The summed E-state index contributed by atoms with van der Waals surface area (Å²) >= 11 is 0. The number of hydrogen-bond donors (Lipinski definition) is 1. The lowest BCUT2D eigenvalue weighted by Gasteiger charge is -2.06. The van der Waals surface area contributed by atoms with Crippen LogP contribution in [0.3, 0.4) is 0 Å². The van der Waals surface area contributed by atoms with Crippen molar-refractivity contribution < 1.29 is 9.47 Å². The summed E-state index contributed by atoms with van der Waals surface area (Å²) in [6, 6.07) is 5.69. The normalized spacial score (nSPS) is 15.4. The van der Waals surface area contributed by atoms with Crippen LogP contribution in [0.15, 0.2) is 18.2 Å². The highest BCUT2D eigenvalue weighted by Crippen LogP contribution is 2.30. The zero-order valence-electron chi connectivity index (χ0n) is 10.0. The first-order chi connectivity index (χ1) is 8.29. The van der Waals surface area contributed by atoms with Crippen LogP contribution in [0.5, 0.6) is 11.5 Å². The molecule has 0 aromatic heterocycles. The first-order valence-electron chi connectivity index (χ1n) is 5.96. The van der Waals surface area contributed by atoms with E-state index in [4.69, 9.17) is 15.2 Å². The van der Waals surface area contributed by atoms with E-state index in [-0.39, 0.29) is 6.04 Å². The number of rotatable bonds is 1. The van der Waals surface area contributed by atoms with Crippen molar-refractivity contribution in [3.8, 4) is 23.3 Å². The maximum Gasteiger partial charge on any atom is 0.162 e. The standard InChI is InChI=1S/C14H17NO2/c1-2-12(15)6-4-11-5-7-13-14(10-11)17-9-3-8-16-13/h5,7,10,12H,2-3,8-9,15H2,1H3. The quantitative estimate of drug-likeness (QED) is 0.751. The van der Waals surface area contributed by atoms with Gasteiger partial charge in [-0.1, -0.05) is 18.8 Å². The molecule has 3 nitrogen and oxygen atoms in total. The molecule has 1 unspecified atom stereocenters. The summed E-state index contributed by atoms with van der Waals surface area (Å²) in [6.07, 6.45) is 1.77. The maximum atomic E-state index is 5.75. The second kappa shape index (κ2) is 5.60. The third-order valence-corrected chi connectivity index (χ3v) is 2.59. The van der Waals surface area contributed by atoms with E-state index in [1.54, 1.807) is 0 Å². The second-order valence-corrected chi connectivity index (χ2v) is 4.00. The lowest BCUT2D eigenvalue weighted by atomic mass is 10.1. The molecule has 0 spiro atoms. The van der Waals surface area contributed by atoms with Crippen molar-refractivity contribution in [3.63, 3.8) is 0 Å². The third-order valence-electron chi connectivity index (χ3n) is 2.59. The Morgan fingerprint density at radius 3 is 2.82 bits per heavy atom. The van der Waals surface area contributed by atoms with E-state index < -0.39 is 0 Å². The molecule has 90 valence electrons. The maximum absolute atomic E-state index is 5.75. The molecule has 1 aliphatic heterocycles. The van der Waals surface area contributed by atoms with E-state index in [9.17, 15) is 0 Å². The highest BCUT2D eigenvalue weighted by Gasteiger charge is 2.09. The van der Waals surface area contributed by atoms with Gasteiger partial charge in [-0.3, -0.25) is 0 Å². The highest BCUT2D eigenvalue weighted by molar-refractivity contribution is 5.48. The molecule has 2 rings (SSSR count). The van der Waals surface area contributed by atoms with Crippen molar-refractivity contribution in [3.05, 3.63) is 23.8 Å². The lowest BCUT2D eigenvalue weighted by Crippen LogP contribution is -2.15. The van der Waals surface area contributed by atoms with E-state index in [0.717, 1.165) is 29.9 Å². The first-order valence-corrected chi connectivity index (χ1v) is 5.96. The van der Waals surface area contributed by atoms with Crippen LogP contribution >= 0.6 is 0 Å². The summed E-state index contributed by atoms with van der Waals surface area (Å²) < 4.78 is 11.2. The molecular formula is C14H17NO2. The number of benzene rings is 1. The highest BCUT2D eigenvalue weighted by atomic mass is 16.5. The Bertz CT molecular complexity index is 445. The van der Waals surface area contributed by atoms with Gasteiger partial charge in [0.2, 0.25) is 0 Å². The molecule has 1 heterocycles. The van der Waals surface area contributed by atoms with Gasteiger partial charge in [-0.15, -0.1) is 0 Å². The van der Waals surface area contributed by atoms with Crippen molar-refractivity contribution in [1.29, 1.82) is 0 Å². The Kier molecular flexibility index (Phi) is 3.89. The summed E-state index contributed by atoms with van der Waals surface area (Å²) in [4.78, 5) is 0. The Morgan fingerprint density at radius 2 is 2.06 bits per heavy atom. The second-order valence-electron chi connectivity index (χ2n) is 4.00. The predicted molar refractivity (Wildman–Crippen MR) is 67.2 cm³/mol. The summed E-state index contributed by atoms with van der Waals surface area (Å²) in [6.45, 7) is 3.42. The molecule has 0 radical (unpaired) electrons. The van der Waals surface area contributed by atoms with Crippen LogP contribution in [-0.2, 0) is 0 Å². The van der Waals surface area contributed by atoms with Crippen LogP contribution in [0.25, 0.3) is 0 Å². The smallest absolute Gasteiger partial charge is 0.162 e. The minimum absolute atomic E-state index is 0.0639. The van der Waals surface area contributed by atoms with Crippen LogP contribution in [0.1, 0.15) is 25.3 Å². The van der Waals surface area contributed by atoms with E-state index in [2.05, 4.69) is 11.8 Å². The van der Waals surface area contributed by atoms with Crippen molar-refractivity contribution in [2.24, 2.45) is 5.73 Å². The largest absolute Gasteiger partial charge is 0.490 e. The fraction of sp³-hybridized carbons (Fsp3) is 0.429. The average molecular weight is 231 g/mol. The monoisotopic (exact) mass is 231 g/mol. The molecule has 1 aromatic rings. The average Bonchev–Trinajstić information content (AvgIpc) is 2.60. The van der Waals surface area contributed by atoms with Gasteiger partial charge in [-0.2, -0.15) is 0 Å². The van der Waals surface area contributed by atoms with Crippen molar-refractivity contribution >= 4 is 0 Å².